The van der Waals surface area contributed by atoms with Crippen LogP contribution in [0.1, 0.15) is 103 Å². The van der Waals surface area contributed by atoms with Gasteiger partial charge < -0.3 is 13.9 Å². The van der Waals surface area contributed by atoms with E-state index in [0.717, 1.165) is 72.1 Å². The van der Waals surface area contributed by atoms with Gasteiger partial charge in [-0.15, -0.1) is 29.3 Å². The van der Waals surface area contributed by atoms with E-state index >= 15 is 0 Å². The van der Waals surface area contributed by atoms with Crippen LogP contribution in [0.4, 0.5) is 0 Å². The Morgan fingerprint density at radius 3 is 1.79 bits per heavy atom. The summed E-state index contributed by atoms with van der Waals surface area (Å²) in [7, 11) is 0. The Bertz CT molecular complexity index is 3460. The number of nitrogens with zero attached hydrogens (tertiary/aromatic N) is 2. The molecule has 10 aromatic rings. The predicted molar refractivity (Wildman–Crippen MR) is 278 cm³/mol. The van der Waals surface area contributed by atoms with Gasteiger partial charge in [0, 0.05) is 54.9 Å². The summed E-state index contributed by atoms with van der Waals surface area (Å²) < 4.78 is 13.7. The van der Waals surface area contributed by atoms with Crippen molar-refractivity contribution in [3.63, 3.8) is 0 Å². The molecule has 1 N–H and O–H groups in total. The molecule has 0 radical (unpaired) electrons. The Morgan fingerprint density at radius 2 is 1.16 bits per heavy atom. The third kappa shape index (κ3) is 8.40. The number of rotatable bonds is 8. The Balaban J connectivity index is 0.00000578. The molecule has 10 rings (SSSR count). The van der Waals surface area contributed by atoms with Gasteiger partial charge in [0.05, 0.1) is 11.1 Å². The van der Waals surface area contributed by atoms with Gasteiger partial charge in [-0.05, 0) is 79.8 Å². The Kier molecular flexibility index (Phi) is 12.2. The van der Waals surface area contributed by atoms with E-state index < -0.39 is 5.41 Å². The van der Waals surface area contributed by atoms with Crippen molar-refractivity contribution in [2.75, 3.05) is 0 Å². The largest absolute Gasteiger partial charge is 0.507 e. The molecule has 0 unspecified atom stereocenters. The average Bonchev–Trinajstić information content (AvgIpc) is 3.92. The van der Waals surface area contributed by atoms with Crippen molar-refractivity contribution in [2.24, 2.45) is 0 Å². The molecule has 0 saturated heterocycles. The third-order valence-corrected chi connectivity index (χ3v) is 13.2. The molecule has 0 atom stereocenters. The fourth-order valence-electron chi connectivity index (χ4n) is 9.69. The minimum absolute atomic E-state index is 0. The second-order valence-corrected chi connectivity index (χ2v) is 20.7. The summed E-state index contributed by atoms with van der Waals surface area (Å²) in [4.78, 5) is 10.4. The molecule has 0 spiro atoms. The fraction of sp³-hybridized carbons (Fsp3) is 0.226. The van der Waals surface area contributed by atoms with Crippen LogP contribution in [0.2, 0.25) is 0 Å². The van der Waals surface area contributed by atoms with Crippen LogP contribution < -0.4 is 0 Å². The predicted octanol–water partition coefficient (Wildman–Crippen LogP) is 17.5. The van der Waals surface area contributed by atoms with Gasteiger partial charge in [-0.25, -0.2) is 4.98 Å². The van der Waals surface area contributed by atoms with Gasteiger partial charge in [-0.1, -0.05) is 190 Å². The topological polar surface area (TPSA) is 72.3 Å². The van der Waals surface area contributed by atoms with Gasteiger partial charge in [0.1, 0.15) is 16.9 Å². The Labute approximate surface area is 414 Å². The maximum atomic E-state index is 12.6. The summed E-state index contributed by atoms with van der Waals surface area (Å²) in [5, 5.41) is 14.4. The van der Waals surface area contributed by atoms with Gasteiger partial charge in [-0.3, -0.25) is 4.98 Å². The molecule has 0 fully saturated rings. The van der Waals surface area contributed by atoms with Crippen LogP contribution in [0.15, 0.2) is 155 Å². The molecule has 0 bridgehead atoms. The number of oxazole rings is 1. The molecule has 7 aromatic carbocycles. The Morgan fingerprint density at radius 1 is 0.559 bits per heavy atom. The van der Waals surface area contributed by atoms with E-state index in [0.29, 0.717) is 28.1 Å². The summed E-state index contributed by atoms with van der Waals surface area (Å²) in [5.41, 5.74) is 17.2. The zero-order valence-corrected chi connectivity index (χ0v) is 42.8. The molecule has 0 amide bonds. The zero-order chi connectivity index (χ0) is 46.9. The van der Waals surface area contributed by atoms with Gasteiger partial charge in [0.15, 0.2) is 5.58 Å². The number of phenolic OH excluding ortho intramolecular Hbond substituents is 1. The minimum Gasteiger partial charge on any atom is -0.507 e. The summed E-state index contributed by atoms with van der Waals surface area (Å²) in [6.45, 7) is 22.1. The number of phenols is 1. The third-order valence-electron chi connectivity index (χ3n) is 13.2. The first-order valence-electron chi connectivity index (χ1n) is 23.5. The van der Waals surface area contributed by atoms with E-state index in [4.69, 9.17) is 18.8 Å². The smallest absolute Gasteiger partial charge is 0.230 e. The number of para-hydroxylation sites is 1. The van der Waals surface area contributed by atoms with Crippen molar-refractivity contribution in [3.05, 3.63) is 174 Å². The van der Waals surface area contributed by atoms with Crippen molar-refractivity contribution in [3.8, 4) is 73.0 Å². The number of hydrogen-bond acceptors (Lipinski definition) is 5. The van der Waals surface area contributed by atoms with Crippen molar-refractivity contribution in [2.45, 2.75) is 91.9 Å². The van der Waals surface area contributed by atoms with E-state index in [-0.39, 0.29) is 44.1 Å². The standard InChI is InChI=1S/C62H57N2O3.Pt/c1-36(2)48-32-41(39-21-15-12-16-22-39)33-49(37(3)4)54(48)47-26-25-45(42-29-43(31-44(30-42)61(5,6)7)51-34-40(27-28-63-51)38-19-13-11-14-20-38)57-59(47)67-60(64-57)50-35-53-55(56(58(50)65)62(8,9)10)46-23-17-18-24-52(46)66-53;/h11-28,30-37,65H,1-10H3;/q-1;. The van der Waals surface area contributed by atoms with E-state index in [9.17, 15) is 5.11 Å². The van der Waals surface area contributed by atoms with Crippen LogP contribution in [0.5, 0.6) is 5.75 Å². The minimum atomic E-state index is -0.448. The van der Waals surface area contributed by atoms with Crippen molar-refractivity contribution >= 4 is 33.0 Å². The van der Waals surface area contributed by atoms with Crippen LogP contribution >= 0.6 is 0 Å². The number of hydrogen-bond donors (Lipinski definition) is 1. The van der Waals surface area contributed by atoms with Gasteiger partial charge in [-0.2, -0.15) is 0 Å². The van der Waals surface area contributed by atoms with E-state index in [1.807, 2.05) is 36.5 Å². The first-order valence-corrected chi connectivity index (χ1v) is 23.5. The molecule has 6 heteroatoms. The maximum absolute atomic E-state index is 12.6. The van der Waals surface area contributed by atoms with Gasteiger partial charge in [0.25, 0.3) is 0 Å². The molecule has 5 nitrogen and oxygen atoms in total. The SMILES string of the molecule is CC(C)c1cc(-c2ccccc2)cc(C(C)C)c1-c1ccc(-c2[c-]c(-c3cc(-c4ccccc4)ccn3)cc(C(C)(C)C)c2)c2nc(-c3cc4oc5ccccc5c4c(C(C)(C)C)c3O)oc12.[Pt]. The van der Waals surface area contributed by atoms with Crippen LogP contribution in [-0.4, -0.2) is 15.1 Å². The number of furan rings is 1. The second-order valence-electron chi connectivity index (χ2n) is 20.7. The molecular formula is C62H57N2O3Pt-. The quantitative estimate of drug-likeness (QED) is 0.154. The normalized spacial score (nSPS) is 12.2. The van der Waals surface area contributed by atoms with Crippen LogP contribution in [-0.2, 0) is 31.9 Å². The average molecular weight is 1070 g/mol. The van der Waals surface area contributed by atoms with Crippen molar-refractivity contribution in [1.82, 2.24) is 9.97 Å². The monoisotopic (exact) mass is 1070 g/mol. The fourth-order valence-corrected chi connectivity index (χ4v) is 9.69. The van der Waals surface area contributed by atoms with Crippen molar-refractivity contribution in [1.29, 1.82) is 0 Å². The number of benzene rings is 7. The summed E-state index contributed by atoms with van der Waals surface area (Å²) in [6, 6.07) is 52.5. The molecule has 3 heterocycles. The number of aromatic nitrogens is 2. The Hall–Kier alpha value is -6.55. The van der Waals surface area contributed by atoms with E-state index in [1.165, 1.54) is 22.3 Å². The van der Waals surface area contributed by atoms with Crippen molar-refractivity contribution < 1.29 is 35.0 Å². The molecule has 0 aliphatic heterocycles. The summed E-state index contributed by atoms with van der Waals surface area (Å²) >= 11 is 0. The number of aromatic hydroxyl groups is 1. The van der Waals surface area contributed by atoms with Crippen LogP contribution in [0, 0.1) is 6.07 Å². The van der Waals surface area contributed by atoms with E-state index in [1.54, 1.807) is 0 Å². The van der Waals surface area contributed by atoms with Gasteiger partial charge >= 0.3 is 0 Å². The zero-order valence-electron chi connectivity index (χ0n) is 40.5. The van der Waals surface area contributed by atoms with Crippen LogP contribution in [0.25, 0.3) is 100 Å². The molecule has 344 valence electrons. The number of pyridine rings is 1. The molecule has 0 aliphatic carbocycles. The van der Waals surface area contributed by atoms with Crippen LogP contribution in [0.3, 0.4) is 0 Å². The molecule has 0 saturated carbocycles. The van der Waals surface area contributed by atoms with E-state index in [2.05, 4.69) is 184 Å². The molecular weight excluding hydrogens is 1020 g/mol. The number of fused-ring (bicyclic) bond motifs is 4. The van der Waals surface area contributed by atoms with Gasteiger partial charge in [0.2, 0.25) is 5.89 Å². The molecule has 3 aromatic heterocycles. The second kappa shape index (κ2) is 17.8. The summed E-state index contributed by atoms with van der Waals surface area (Å²) in [5.74, 6) is 0.838. The first-order chi connectivity index (χ1) is 32.0. The first kappa shape index (κ1) is 46.6. The maximum Gasteiger partial charge on any atom is 0.230 e. The molecule has 68 heavy (non-hydrogen) atoms. The summed E-state index contributed by atoms with van der Waals surface area (Å²) in [6.07, 6.45) is 1.88. The molecule has 0 aliphatic rings.